The lowest BCUT2D eigenvalue weighted by Crippen LogP contribution is -2.49. The van der Waals surface area contributed by atoms with Crippen molar-refractivity contribution in [3.63, 3.8) is 0 Å². The monoisotopic (exact) mass is 604 g/mol. The van der Waals surface area contributed by atoms with Gasteiger partial charge in [-0.1, -0.05) is 71.9 Å². The maximum Gasteiger partial charge on any atom is 0.273 e. The van der Waals surface area contributed by atoms with Gasteiger partial charge in [-0.2, -0.15) is 0 Å². The number of hydrogen-bond acceptors (Lipinski definition) is 7. The van der Waals surface area contributed by atoms with Gasteiger partial charge in [0.15, 0.2) is 5.16 Å². The topological polar surface area (TPSA) is 67.2 Å². The van der Waals surface area contributed by atoms with Crippen molar-refractivity contribution < 1.29 is 9.18 Å². The Balaban J connectivity index is 1.13. The molecule has 41 heavy (non-hydrogen) atoms. The average molecular weight is 605 g/mol. The highest BCUT2D eigenvalue weighted by Crippen LogP contribution is 2.29. The number of hydrogen-bond donors (Lipinski definition) is 0. The summed E-state index contributed by atoms with van der Waals surface area (Å²) in [5.41, 5.74) is 3.04. The van der Waals surface area contributed by atoms with Crippen LogP contribution < -0.4 is 4.90 Å². The highest BCUT2D eigenvalue weighted by atomic mass is 35.5. The number of nitrogens with zero attached hydrogens (tertiary/aromatic N) is 6. The second kappa shape index (κ2) is 12.4. The number of para-hydroxylation sites is 1. The third-order valence-corrected chi connectivity index (χ3v) is 9.03. The third-order valence-electron chi connectivity index (χ3n) is 6.83. The van der Waals surface area contributed by atoms with Gasteiger partial charge in [0.05, 0.1) is 17.1 Å². The van der Waals surface area contributed by atoms with Gasteiger partial charge in [-0.15, -0.1) is 21.5 Å². The van der Waals surface area contributed by atoms with E-state index in [4.69, 9.17) is 11.6 Å². The second-order valence-corrected chi connectivity index (χ2v) is 11.8. The van der Waals surface area contributed by atoms with Crippen molar-refractivity contribution in [3.05, 3.63) is 117 Å². The average Bonchev–Trinajstić information content (AvgIpc) is 3.64. The molecule has 1 saturated heterocycles. The van der Waals surface area contributed by atoms with E-state index in [0.29, 0.717) is 54.8 Å². The number of halogens is 2. The molecule has 5 aromatic rings. The van der Waals surface area contributed by atoms with Gasteiger partial charge >= 0.3 is 0 Å². The molecule has 6 rings (SSSR count). The first-order chi connectivity index (χ1) is 20.0. The summed E-state index contributed by atoms with van der Waals surface area (Å²) in [4.78, 5) is 21.6. The van der Waals surface area contributed by atoms with Crippen molar-refractivity contribution in [2.24, 2.45) is 0 Å². The van der Waals surface area contributed by atoms with Crippen LogP contribution in [0.15, 0.2) is 89.4 Å². The first-order valence-corrected chi connectivity index (χ1v) is 15.4. The van der Waals surface area contributed by atoms with Crippen molar-refractivity contribution in [2.45, 2.75) is 17.3 Å². The van der Waals surface area contributed by atoms with Crippen LogP contribution >= 0.6 is 34.7 Å². The zero-order chi connectivity index (χ0) is 28.2. The number of carbonyl (C=O) groups excluding carboxylic acids is 1. The summed E-state index contributed by atoms with van der Waals surface area (Å²) in [6.07, 6.45) is 0.626. The molecular formula is C30H26ClFN6OS2. The Hall–Kier alpha value is -3.73. The second-order valence-electron chi connectivity index (χ2n) is 9.52. The van der Waals surface area contributed by atoms with Gasteiger partial charge in [-0.25, -0.2) is 9.37 Å². The van der Waals surface area contributed by atoms with E-state index in [-0.39, 0.29) is 11.7 Å². The Bertz CT molecular complexity index is 1650. The number of carbonyl (C=O) groups is 1. The van der Waals surface area contributed by atoms with E-state index < -0.39 is 0 Å². The van der Waals surface area contributed by atoms with Gasteiger partial charge < -0.3 is 9.80 Å². The maximum absolute atomic E-state index is 14.2. The number of rotatable bonds is 8. The van der Waals surface area contributed by atoms with E-state index in [9.17, 15) is 9.18 Å². The molecule has 1 aliphatic heterocycles. The number of anilines is 1. The molecule has 0 atom stereocenters. The largest absolute Gasteiger partial charge is 0.366 e. The number of thioether (sulfide) groups is 1. The van der Waals surface area contributed by atoms with Gasteiger partial charge in [0, 0.05) is 43.0 Å². The number of benzene rings is 3. The van der Waals surface area contributed by atoms with E-state index in [1.165, 1.54) is 29.2 Å². The summed E-state index contributed by atoms with van der Waals surface area (Å²) in [5, 5.41) is 13.0. The minimum Gasteiger partial charge on any atom is -0.366 e. The fourth-order valence-electron chi connectivity index (χ4n) is 4.78. The van der Waals surface area contributed by atoms with Gasteiger partial charge in [-0.3, -0.25) is 9.36 Å². The first-order valence-electron chi connectivity index (χ1n) is 13.2. The van der Waals surface area contributed by atoms with Crippen LogP contribution in [0.5, 0.6) is 0 Å². The lowest BCUT2D eigenvalue weighted by atomic mass is 10.1. The highest BCUT2D eigenvalue weighted by molar-refractivity contribution is 7.98. The van der Waals surface area contributed by atoms with Gasteiger partial charge in [0.2, 0.25) is 0 Å². The van der Waals surface area contributed by atoms with Crippen LogP contribution in [0, 0.1) is 5.82 Å². The zero-order valence-corrected chi connectivity index (χ0v) is 24.4. The predicted octanol–water partition coefficient (Wildman–Crippen LogP) is 6.36. The van der Waals surface area contributed by atoms with E-state index in [1.807, 2.05) is 63.4 Å². The summed E-state index contributed by atoms with van der Waals surface area (Å²) >= 11 is 9.29. The van der Waals surface area contributed by atoms with E-state index in [2.05, 4.69) is 27.3 Å². The van der Waals surface area contributed by atoms with Gasteiger partial charge in [0.1, 0.15) is 22.3 Å². The van der Waals surface area contributed by atoms with Crippen LogP contribution in [0.1, 0.15) is 26.9 Å². The molecule has 0 bridgehead atoms. The normalized spacial score (nSPS) is 13.5. The molecule has 0 saturated carbocycles. The minimum absolute atomic E-state index is 0.0991. The molecule has 1 amide bonds. The Morgan fingerprint density at radius 2 is 1.73 bits per heavy atom. The lowest BCUT2D eigenvalue weighted by Gasteiger charge is -2.35. The molecule has 3 aromatic carbocycles. The highest BCUT2D eigenvalue weighted by Gasteiger charge is 2.25. The van der Waals surface area contributed by atoms with Crippen molar-refractivity contribution in [2.75, 3.05) is 31.1 Å². The molecule has 11 heteroatoms. The molecule has 1 fully saturated rings. The molecule has 0 radical (unpaired) electrons. The summed E-state index contributed by atoms with van der Waals surface area (Å²) in [7, 11) is 0. The fraction of sp³-hybridized carbons (Fsp3) is 0.200. The molecular weight excluding hydrogens is 579 g/mol. The van der Waals surface area contributed by atoms with E-state index >= 15 is 0 Å². The summed E-state index contributed by atoms with van der Waals surface area (Å²) in [6, 6.07) is 24.5. The van der Waals surface area contributed by atoms with Crippen molar-refractivity contribution in [3.8, 4) is 5.69 Å². The van der Waals surface area contributed by atoms with Crippen molar-refractivity contribution in [1.82, 2.24) is 24.6 Å². The SMILES string of the molecule is O=C(c1csc(CSc2nnc(Cc3ccccc3)n2-c2cccc(Cl)c2)n1)N1CCN(c2ccccc2F)CC1. The molecule has 0 N–H and O–H groups in total. The number of thiazole rings is 1. The van der Waals surface area contributed by atoms with Crippen LogP contribution in [0.25, 0.3) is 5.69 Å². The first kappa shape index (κ1) is 27.4. The van der Waals surface area contributed by atoms with Crippen molar-refractivity contribution >= 4 is 46.3 Å². The number of amides is 1. The minimum atomic E-state index is -0.243. The van der Waals surface area contributed by atoms with Crippen LogP contribution in [0.3, 0.4) is 0 Å². The Morgan fingerprint density at radius 1 is 0.951 bits per heavy atom. The van der Waals surface area contributed by atoms with Crippen LogP contribution in [0.4, 0.5) is 10.1 Å². The predicted molar refractivity (Wildman–Crippen MR) is 162 cm³/mol. The van der Waals surface area contributed by atoms with Crippen LogP contribution in [-0.2, 0) is 12.2 Å². The maximum atomic E-state index is 14.2. The van der Waals surface area contributed by atoms with Crippen LogP contribution in [-0.4, -0.2) is 56.7 Å². The van der Waals surface area contributed by atoms with E-state index in [0.717, 1.165) is 27.2 Å². The number of aromatic nitrogens is 4. The molecule has 0 aliphatic carbocycles. The third kappa shape index (κ3) is 6.29. The van der Waals surface area contributed by atoms with Crippen LogP contribution in [0.2, 0.25) is 5.02 Å². The fourth-order valence-corrected chi connectivity index (χ4v) is 6.72. The quantitative estimate of drug-likeness (QED) is 0.192. The summed E-state index contributed by atoms with van der Waals surface area (Å²) in [6.45, 7) is 2.18. The summed E-state index contributed by atoms with van der Waals surface area (Å²) < 4.78 is 16.2. The summed E-state index contributed by atoms with van der Waals surface area (Å²) in [5.74, 6) is 1.01. The zero-order valence-electron chi connectivity index (χ0n) is 22.0. The molecule has 0 spiro atoms. The number of piperazine rings is 1. The van der Waals surface area contributed by atoms with E-state index in [1.54, 1.807) is 17.0 Å². The Morgan fingerprint density at radius 3 is 2.51 bits per heavy atom. The van der Waals surface area contributed by atoms with Crippen molar-refractivity contribution in [1.29, 1.82) is 0 Å². The smallest absolute Gasteiger partial charge is 0.273 e. The van der Waals surface area contributed by atoms with Gasteiger partial charge in [-0.05, 0) is 35.9 Å². The lowest BCUT2D eigenvalue weighted by molar-refractivity contribution is 0.0741. The molecule has 1 aliphatic rings. The standard InChI is InChI=1S/C30H26ClFN6OS2/c31-22-9-6-10-23(18-22)38-27(17-21-7-2-1-3-8-21)34-35-30(38)41-20-28-33-25(19-40-28)29(39)37-15-13-36(14-16-37)26-12-5-4-11-24(26)32/h1-12,18-19H,13-17,20H2. The molecule has 2 aromatic heterocycles. The molecule has 7 nitrogen and oxygen atoms in total. The Labute approximate surface area is 250 Å². The molecule has 208 valence electrons. The molecule has 3 heterocycles. The molecule has 0 unspecified atom stereocenters. The van der Waals surface area contributed by atoms with Gasteiger partial charge in [0.25, 0.3) is 5.91 Å². The Kier molecular flexibility index (Phi) is 8.31.